The highest BCUT2D eigenvalue weighted by Gasteiger charge is 2.17. The fourth-order valence-electron chi connectivity index (χ4n) is 2.90. The second kappa shape index (κ2) is 7.43. The number of rotatable bonds is 5. The number of anilines is 1. The van der Waals surface area contributed by atoms with Crippen molar-refractivity contribution in [2.24, 2.45) is 5.92 Å². The molecule has 1 aliphatic rings. The molecule has 0 spiro atoms. The van der Waals surface area contributed by atoms with Crippen molar-refractivity contribution in [1.29, 1.82) is 0 Å². The highest BCUT2D eigenvalue weighted by atomic mass is 15.2. The molecule has 1 aliphatic heterocycles. The molecule has 0 aromatic carbocycles. The minimum absolute atomic E-state index is 0.785. The molecule has 0 saturated carbocycles. The fourth-order valence-corrected chi connectivity index (χ4v) is 2.90. The molecule has 0 bridgehead atoms. The maximum absolute atomic E-state index is 4.70. The van der Waals surface area contributed by atoms with Gasteiger partial charge in [0.15, 0.2) is 0 Å². The van der Waals surface area contributed by atoms with E-state index in [9.17, 15) is 0 Å². The topological polar surface area (TPSA) is 41.1 Å². The number of hydrogen-bond donors (Lipinski definition) is 1. The summed E-state index contributed by atoms with van der Waals surface area (Å²) in [5.74, 6) is 1.95. The first-order valence-electron chi connectivity index (χ1n) is 7.54. The monoisotopic (exact) mass is 262 g/mol. The lowest BCUT2D eigenvalue weighted by Gasteiger charge is -2.21. The largest absolute Gasteiger partial charge is 0.355 e. The van der Waals surface area contributed by atoms with Gasteiger partial charge in [0.25, 0.3) is 0 Å². The number of aromatic nitrogens is 2. The van der Waals surface area contributed by atoms with Crippen LogP contribution in [0.3, 0.4) is 0 Å². The average molecular weight is 262 g/mol. The number of nitrogens with one attached hydrogen (secondary N) is 1. The van der Waals surface area contributed by atoms with Crippen molar-refractivity contribution in [2.75, 3.05) is 25.0 Å². The quantitative estimate of drug-likeness (QED) is 0.885. The summed E-state index contributed by atoms with van der Waals surface area (Å²) in [6.45, 7) is 5.32. The van der Waals surface area contributed by atoms with Gasteiger partial charge in [0.2, 0.25) is 0 Å². The molecule has 1 atom stereocenters. The highest BCUT2D eigenvalue weighted by Crippen LogP contribution is 2.24. The van der Waals surface area contributed by atoms with Crippen LogP contribution in [0.1, 0.15) is 44.7 Å². The highest BCUT2D eigenvalue weighted by molar-refractivity contribution is 5.36. The van der Waals surface area contributed by atoms with E-state index in [1.165, 1.54) is 32.1 Å². The van der Waals surface area contributed by atoms with Crippen molar-refractivity contribution >= 4 is 5.82 Å². The smallest absolute Gasteiger partial charge is 0.147 e. The molecule has 2 heterocycles. The third-order valence-corrected chi connectivity index (χ3v) is 3.90. The van der Waals surface area contributed by atoms with E-state index in [0.717, 1.165) is 37.1 Å². The van der Waals surface area contributed by atoms with E-state index >= 15 is 0 Å². The molecule has 0 aliphatic carbocycles. The molecule has 19 heavy (non-hydrogen) atoms. The molecule has 2 rings (SSSR count). The summed E-state index contributed by atoms with van der Waals surface area (Å²) in [7, 11) is 1.94. The fraction of sp³-hybridized carbons (Fsp3) is 0.733. The van der Waals surface area contributed by atoms with Crippen molar-refractivity contribution < 1.29 is 0 Å². The van der Waals surface area contributed by atoms with Gasteiger partial charge in [-0.3, -0.25) is 4.98 Å². The average Bonchev–Trinajstić information content (AvgIpc) is 2.66. The van der Waals surface area contributed by atoms with E-state index in [-0.39, 0.29) is 0 Å². The Hall–Kier alpha value is -1.16. The van der Waals surface area contributed by atoms with Gasteiger partial charge in [-0.2, -0.15) is 0 Å². The SMILES string of the molecule is CCCC1CCCN(c2cncc(CNC)n2)CC1. The normalized spacial score (nSPS) is 20.3. The van der Waals surface area contributed by atoms with Gasteiger partial charge in [0.05, 0.1) is 11.9 Å². The van der Waals surface area contributed by atoms with Gasteiger partial charge in [0.1, 0.15) is 5.82 Å². The summed E-state index contributed by atoms with van der Waals surface area (Å²) in [6, 6.07) is 0. The van der Waals surface area contributed by atoms with Gasteiger partial charge in [-0.1, -0.05) is 19.8 Å². The molecule has 1 saturated heterocycles. The van der Waals surface area contributed by atoms with Crippen LogP contribution >= 0.6 is 0 Å². The Labute approximate surface area is 116 Å². The van der Waals surface area contributed by atoms with Crippen molar-refractivity contribution in [2.45, 2.75) is 45.6 Å². The predicted molar refractivity (Wildman–Crippen MR) is 79.3 cm³/mol. The molecule has 0 amide bonds. The maximum Gasteiger partial charge on any atom is 0.147 e. The van der Waals surface area contributed by atoms with E-state index in [2.05, 4.69) is 22.1 Å². The first-order valence-corrected chi connectivity index (χ1v) is 7.54. The lowest BCUT2D eigenvalue weighted by Crippen LogP contribution is -2.26. The summed E-state index contributed by atoms with van der Waals surface area (Å²) in [5, 5.41) is 3.13. The van der Waals surface area contributed by atoms with Crippen LogP contribution in [-0.2, 0) is 6.54 Å². The Bertz CT molecular complexity index is 380. The summed E-state index contributed by atoms with van der Waals surface area (Å²) in [6.07, 6.45) is 10.4. The summed E-state index contributed by atoms with van der Waals surface area (Å²) >= 11 is 0. The molecule has 1 fully saturated rings. The van der Waals surface area contributed by atoms with Crippen LogP contribution in [0.2, 0.25) is 0 Å². The van der Waals surface area contributed by atoms with Gasteiger partial charge >= 0.3 is 0 Å². The van der Waals surface area contributed by atoms with Crippen molar-refractivity contribution in [3.63, 3.8) is 0 Å². The lowest BCUT2D eigenvalue weighted by molar-refractivity contribution is 0.435. The van der Waals surface area contributed by atoms with E-state index in [1.807, 2.05) is 19.4 Å². The third kappa shape index (κ3) is 4.16. The Morgan fingerprint density at radius 3 is 3.00 bits per heavy atom. The molecule has 1 aromatic heterocycles. The van der Waals surface area contributed by atoms with Crippen LogP contribution in [0.15, 0.2) is 12.4 Å². The Kier molecular flexibility index (Phi) is 5.58. The van der Waals surface area contributed by atoms with Crippen LogP contribution in [0.4, 0.5) is 5.82 Å². The zero-order chi connectivity index (χ0) is 13.5. The van der Waals surface area contributed by atoms with E-state index in [1.54, 1.807) is 0 Å². The molecule has 0 radical (unpaired) electrons. The van der Waals surface area contributed by atoms with Crippen molar-refractivity contribution in [1.82, 2.24) is 15.3 Å². The van der Waals surface area contributed by atoms with Crippen molar-refractivity contribution in [3.05, 3.63) is 18.1 Å². The predicted octanol–water partition coefficient (Wildman–Crippen LogP) is 2.60. The molecule has 1 N–H and O–H groups in total. The summed E-state index contributed by atoms with van der Waals surface area (Å²) in [5.41, 5.74) is 1.02. The zero-order valence-corrected chi connectivity index (χ0v) is 12.2. The molecular formula is C15H26N4. The van der Waals surface area contributed by atoms with Gasteiger partial charge in [-0.15, -0.1) is 0 Å². The van der Waals surface area contributed by atoms with E-state index < -0.39 is 0 Å². The van der Waals surface area contributed by atoms with E-state index in [0.29, 0.717) is 0 Å². The summed E-state index contributed by atoms with van der Waals surface area (Å²) in [4.78, 5) is 11.4. The molecule has 4 nitrogen and oxygen atoms in total. The van der Waals surface area contributed by atoms with Crippen molar-refractivity contribution in [3.8, 4) is 0 Å². The molecule has 1 unspecified atom stereocenters. The van der Waals surface area contributed by atoms with Crippen LogP contribution in [-0.4, -0.2) is 30.1 Å². The minimum atomic E-state index is 0.785. The number of nitrogens with zero attached hydrogens (tertiary/aromatic N) is 3. The van der Waals surface area contributed by atoms with Gasteiger partial charge in [-0.05, 0) is 32.2 Å². The first kappa shape index (κ1) is 14.3. The Morgan fingerprint density at radius 1 is 1.32 bits per heavy atom. The Balaban J connectivity index is 1.99. The second-order valence-electron chi connectivity index (χ2n) is 5.47. The first-order chi connectivity index (χ1) is 9.33. The van der Waals surface area contributed by atoms with Crippen LogP contribution < -0.4 is 10.2 Å². The molecule has 1 aromatic rings. The van der Waals surface area contributed by atoms with Gasteiger partial charge in [0, 0.05) is 25.8 Å². The minimum Gasteiger partial charge on any atom is -0.355 e. The number of hydrogen-bond acceptors (Lipinski definition) is 4. The lowest BCUT2D eigenvalue weighted by atomic mass is 9.96. The molecule has 106 valence electrons. The Morgan fingerprint density at radius 2 is 2.21 bits per heavy atom. The third-order valence-electron chi connectivity index (χ3n) is 3.90. The summed E-state index contributed by atoms with van der Waals surface area (Å²) < 4.78 is 0. The second-order valence-corrected chi connectivity index (χ2v) is 5.47. The van der Waals surface area contributed by atoms with Gasteiger partial charge < -0.3 is 10.2 Å². The van der Waals surface area contributed by atoms with Gasteiger partial charge in [-0.25, -0.2) is 4.98 Å². The van der Waals surface area contributed by atoms with Crippen LogP contribution in [0, 0.1) is 5.92 Å². The van der Waals surface area contributed by atoms with Crippen LogP contribution in [0.25, 0.3) is 0 Å². The maximum atomic E-state index is 4.70. The zero-order valence-electron chi connectivity index (χ0n) is 12.2. The standard InChI is InChI=1S/C15H26N4/c1-3-5-13-6-4-8-19(9-7-13)15-12-17-11-14(18-15)10-16-2/h11-13,16H,3-10H2,1-2H3. The van der Waals surface area contributed by atoms with Crippen LogP contribution in [0.5, 0.6) is 0 Å². The van der Waals surface area contributed by atoms with E-state index in [4.69, 9.17) is 4.98 Å². The molecule has 4 heteroatoms. The molecular weight excluding hydrogens is 236 g/mol.